The van der Waals surface area contributed by atoms with Crippen molar-refractivity contribution < 1.29 is 9.13 Å². The fourth-order valence-corrected chi connectivity index (χ4v) is 5.11. The van der Waals surface area contributed by atoms with Crippen molar-refractivity contribution in [2.75, 3.05) is 50.2 Å². The van der Waals surface area contributed by atoms with Crippen molar-refractivity contribution in [3.8, 4) is 11.3 Å². The van der Waals surface area contributed by atoms with E-state index in [9.17, 15) is 4.39 Å². The van der Waals surface area contributed by atoms with Crippen molar-refractivity contribution in [2.24, 2.45) is 0 Å². The van der Waals surface area contributed by atoms with Crippen LogP contribution >= 0.6 is 11.3 Å². The summed E-state index contributed by atoms with van der Waals surface area (Å²) < 4.78 is 20.6. The largest absolute Gasteiger partial charge is 0.383 e. The molecule has 1 aromatic carbocycles. The van der Waals surface area contributed by atoms with Gasteiger partial charge < -0.3 is 19.9 Å². The Balaban J connectivity index is 1.48. The summed E-state index contributed by atoms with van der Waals surface area (Å²) in [5.74, 6) is 1.56. The van der Waals surface area contributed by atoms with Crippen molar-refractivity contribution in [1.82, 2.24) is 24.9 Å². The number of halogens is 1. The standard InChI is InChI=1S/C24H28FN7OS/c1-4-19-23(30(2)24-28-20(15-34-24)16-5-7-17(25)8-6-16)32-21(27-19)9-10-22(29-32)31-12-11-26-18(13-31)14-33-3/h5-10,15,18,26H,4,11-14H2,1-3H3. The second-order valence-corrected chi connectivity index (χ2v) is 9.17. The number of thiazole rings is 1. The number of aromatic nitrogens is 4. The predicted octanol–water partition coefficient (Wildman–Crippen LogP) is 3.75. The maximum absolute atomic E-state index is 13.3. The van der Waals surface area contributed by atoms with E-state index in [-0.39, 0.29) is 11.9 Å². The Morgan fingerprint density at radius 1 is 1.21 bits per heavy atom. The zero-order valence-electron chi connectivity index (χ0n) is 19.5. The van der Waals surface area contributed by atoms with E-state index in [4.69, 9.17) is 19.8 Å². The molecule has 4 aromatic rings. The number of hydrogen-bond donors (Lipinski definition) is 1. The fraction of sp³-hybridized carbons (Fsp3) is 0.375. The molecule has 8 nitrogen and oxygen atoms in total. The molecule has 34 heavy (non-hydrogen) atoms. The number of nitrogens with zero attached hydrogens (tertiary/aromatic N) is 6. The molecule has 1 saturated heterocycles. The molecule has 4 heterocycles. The Morgan fingerprint density at radius 3 is 2.79 bits per heavy atom. The highest BCUT2D eigenvalue weighted by atomic mass is 32.1. The number of nitrogens with one attached hydrogen (secondary N) is 1. The zero-order valence-corrected chi connectivity index (χ0v) is 20.3. The van der Waals surface area contributed by atoms with Crippen LogP contribution in [-0.2, 0) is 11.2 Å². The van der Waals surface area contributed by atoms with Crippen molar-refractivity contribution in [3.05, 3.63) is 53.3 Å². The molecule has 0 amide bonds. The summed E-state index contributed by atoms with van der Waals surface area (Å²) in [5, 5.41) is 11.3. The minimum Gasteiger partial charge on any atom is -0.383 e. The molecule has 0 spiro atoms. The smallest absolute Gasteiger partial charge is 0.191 e. The lowest BCUT2D eigenvalue weighted by atomic mass is 10.2. The summed E-state index contributed by atoms with van der Waals surface area (Å²) >= 11 is 1.54. The molecule has 1 aliphatic heterocycles. The van der Waals surface area contributed by atoms with Crippen LogP contribution in [0.25, 0.3) is 16.9 Å². The third-order valence-electron chi connectivity index (χ3n) is 6.03. The van der Waals surface area contributed by atoms with E-state index in [0.717, 1.165) is 65.4 Å². The summed E-state index contributed by atoms with van der Waals surface area (Å²) in [5.41, 5.74) is 3.47. The summed E-state index contributed by atoms with van der Waals surface area (Å²) in [4.78, 5) is 14.0. The first-order valence-electron chi connectivity index (χ1n) is 11.4. The van der Waals surface area contributed by atoms with Crippen LogP contribution in [0.3, 0.4) is 0 Å². The summed E-state index contributed by atoms with van der Waals surface area (Å²) in [7, 11) is 3.72. The predicted molar refractivity (Wildman–Crippen MR) is 134 cm³/mol. The van der Waals surface area contributed by atoms with Crippen LogP contribution < -0.4 is 15.1 Å². The molecule has 3 aromatic heterocycles. The number of piperazine rings is 1. The van der Waals surface area contributed by atoms with Gasteiger partial charge in [-0.25, -0.2) is 14.4 Å². The highest BCUT2D eigenvalue weighted by Gasteiger charge is 2.23. The number of rotatable bonds is 7. The van der Waals surface area contributed by atoms with Gasteiger partial charge in [-0.1, -0.05) is 6.92 Å². The molecule has 5 rings (SSSR count). The van der Waals surface area contributed by atoms with Gasteiger partial charge in [0, 0.05) is 50.8 Å². The van der Waals surface area contributed by atoms with E-state index < -0.39 is 0 Å². The van der Waals surface area contributed by atoms with Crippen LogP contribution in [0.4, 0.5) is 21.2 Å². The van der Waals surface area contributed by atoms with Crippen LogP contribution in [0.5, 0.6) is 0 Å². The van der Waals surface area contributed by atoms with Crippen LogP contribution in [-0.4, -0.2) is 66.0 Å². The average Bonchev–Trinajstić information content (AvgIpc) is 3.49. The molecule has 178 valence electrons. The van der Waals surface area contributed by atoms with Crippen LogP contribution in [0.1, 0.15) is 12.6 Å². The Morgan fingerprint density at radius 2 is 2.03 bits per heavy atom. The number of fused-ring (bicyclic) bond motifs is 1. The second-order valence-electron chi connectivity index (χ2n) is 8.33. The topological polar surface area (TPSA) is 70.8 Å². The minimum absolute atomic E-state index is 0.255. The van der Waals surface area contributed by atoms with E-state index in [2.05, 4.69) is 17.1 Å². The Bertz CT molecular complexity index is 1270. The van der Waals surface area contributed by atoms with Crippen molar-refractivity contribution in [1.29, 1.82) is 0 Å². The highest BCUT2D eigenvalue weighted by molar-refractivity contribution is 7.14. The van der Waals surface area contributed by atoms with Crippen molar-refractivity contribution in [2.45, 2.75) is 19.4 Å². The highest BCUT2D eigenvalue weighted by Crippen LogP contribution is 2.33. The average molecular weight is 482 g/mol. The molecule has 1 N–H and O–H groups in total. The number of ether oxygens (including phenoxy) is 1. The Labute approximate surface area is 202 Å². The summed E-state index contributed by atoms with van der Waals surface area (Å²) in [6.07, 6.45) is 0.776. The third-order valence-corrected chi connectivity index (χ3v) is 6.95. The summed E-state index contributed by atoms with van der Waals surface area (Å²) in [6, 6.07) is 10.7. The van der Waals surface area contributed by atoms with Crippen molar-refractivity contribution in [3.63, 3.8) is 0 Å². The minimum atomic E-state index is -0.255. The Hall–Kier alpha value is -3.08. The summed E-state index contributed by atoms with van der Waals surface area (Å²) in [6.45, 7) is 5.36. The third kappa shape index (κ3) is 4.36. The quantitative estimate of drug-likeness (QED) is 0.431. The number of hydrogen-bond acceptors (Lipinski definition) is 8. The number of methoxy groups -OCH3 is 1. The van der Waals surface area contributed by atoms with E-state index >= 15 is 0 Å². The van der Waals surface area contributed by atoms with Gasteiger partial charge in [0.25, 0.3) is 0 Å². The molecule has 0 saturated carbocycles. The van der Waals surface area contributed by atoms with Gasteiger partial charge in [-0.2, -0.15) is 4.52 Å². The lowest BCUT2D eigenvalue weighted by molar-refractivity contribution is 0.163. The van der Waals surface area contributed by atoms with E-state index in [1.54, 1.807) is 30.6 Å². The number of imidazole rings is 1. The zero-order chi connectivity index (χ0) is 23.7. The molecule has 1 aliphatic rings. The first-order valence-corrected chi connectivity index (χ1v) is 12.3. The van der Waals surface area contributed by atoms with Gasteiger partial charge in [0.2, 0.25) is 0 Å². The first-order chi connectivity index (χ1) is 16.6. The maximum Gasteiger partial charge on any atom is 0.191 e. The molecule has 1 unspecified atom stereocenters. The van der Waals surface area contributed by atoms with E-state index in [1.807, 2.05) is 34.0 Å². The van der Waals surface area contributed by atoms with Gasteiger partial charge in [0.15, 0.2) is 16.6 Å². The van der Waals surface area contributed by atoms with Crippen LogP contribution in [0, 0.1) is 5.82 Å². The van der Waals surface area contributed by atoms with Gasteiger partial charge >= 0.3 is 0 Å². The van der Waals surface area contributed by atoms with Gasteiger partial charge in [-0.15, -0.1) is 16.4 Å². The number of benzene rings is 1. The molecular weight excluding hydrogens is 453 g/mol. The lowest BCUT2D eigenvalue weighted by Crippen LogP contribution is -2.52. The molecular formula is C24H28FN7OS. The molecule has 1 fully saturated rings. The lowest BCUT2D eigenvalue weighted by Gasteiger charge is -2.34. The second kappa shape index (κ2) is 9.65. The van der Waals surface area contributed by atoms with Gasteiger partial charge in [0.05, 0.1) is 18.0 Å². The maximum atomic E-state index is 13.3. The molecule has 0 bridgehead atoms. The van der Waals surface area contributed by atoms with Crippen LogP contribution in [0.15, 0.2) is 41.8 Å². The van der Waals surface area contributed by atoms with E-state index in [1.165, 1.54) is 12.1 Å². The number of aryl methyl sites for hydroxylation is 1. The molecule has 1 atom stereocenters. The fourth-order valence-electron chi connectivity index (χ4n) is 4.31. The Kier molecular flexibility index (Phi) is 6.44. The normalized spacial score (nSPS) is 16.4. The number of anilines is 3. The molecule has 0 radical (unpaired) electrons. The first kappa shape index (κ1) is 22.7. The van der Waals surface area contributed by atoms with E-state index in [0.29, 0.717) is 6.61 Å². The van der Waals surface area contributed by atoms with Crippen molar-refractivity contribution >= 4 is 33.8 Å². The van der Waals surface area contributed by atoms with Gasteiger partial charge in [-0.3, -0.25) is 0 Å². The van der Waals surface area contributed by atoms with Gasteiger partial charge in [0.1, 0.15) is 11.6 Å². The SMILES string of the molecule is CCc1nc2ccc(N3CCNC(COC)C3)nn2c1N(C)c1nc(-c2ccc(F)cc2)cs1. The van der Waals surface area contributed by atoms with Crippen LogP contribution in [0.2, 0.25) is 0 Å². The monoisotopic (exact) mass is 481 g/mol. The molecule has 10 heteroatoms. The van der Waals surface area contributed by atoms with Gasteiger partial charge in [-0.05, 0) is 42.8 Å². The molecule has 0 aliphatic carbocycles.